The summed E-state index contributed by atoms with van der Waals surface area (Å²) in [6, 6.07) is 20.2. The fourth-order valence-corrected chi connectivity index (χ4v) is 3.64. The van der Waals surface area contributed by atoms with E-state index < -0.39 is 0 Å². The van der Waals surface area contributed by atoms with E-state index in [1.165, 1.54) is 11.1 Å². The summed E-state index contributed by atoms with van der Waals surface area (Å²) in [4.78, 5) is 0. The number of rotatable bonds is 5. The first-order chi connectivity index (χ1) is 12.7. The number of hydrogen-bond acceptors (Lipinski definition) is 5. The quantitative estimate of drug-likeness (QED) is 0.493. The molecule has 2 aromatic carbocycles. The van der Waals surface area contributed by atoms with Crippen LogP contribution in [0.5, 0.6) is 5.75 Å². The van der Waals surface area contributed by atoms with Crippen molar-refractivity contribution in [1.82, 2.24) is 19.8 Å². The number of benzene rings is 2. The largest absolute Gasteiger partial charge is 0.496 e. The molecule has 2 aromatic heterocycles. The van der Waals surface area contributed by atoms with Crippen LogP contribution in [-0.4, -0.2) is 26.9 Å². The molecule has 0 unspecified atom stereocenters. The van der Waals surface area contributed by atoms with Crippen LogP contribution >= 0.6 is 11.8 Å². The molecule has 0 aliphatic rings. The lowest BCUT2D eigenvalue weighted by Gasteiger charge is -2.08. The van der Waals surface area contributed by atoms with Crippen LogP contribution in [0.15, 0.2) is 65.8 Å². The van der Waals surface area contributed by atoms with E-state index >= 15 is 0 Å². The van der Waals surface area contributed by atoms with E-state index in [1.54, 1.807) is 23.4 Å². The van der Waals surface area contributed by atoms with Crippen molar-refractivity contribution in [2.24, 2.45) is 0 Å². The topological polar surface area (TPSA) is 52.3 Å². The van der Waals surface area contributed by atoms with Crippen LogP contribution in [0.1, 0.15) is 11.1 Å². The highest BCUT2D eigenvalue weighted by Gasteiger charge is 2.12. The maximum atomic E-state index is 5.45. The predicted octanol–water partition coefficient (Wildman–Crippen LogP) is 4.40. The molecule has 0 fully saturated rings. The Balaban J connectivity index is 1.66. The molecule has 0 radical (unpaired) electrons. The third-order valence-corrected chi connectivity index (χ3v) is 5.06. The number of thioether (sulfide) groups is 1. The molecule has 4 aromatic rings. The number of ether oxygens (including phenoxy) is 1. The minimum Gasteiger partial charge on any atom is -0.496 e. The average molecular weight is 362 g/mol. The molecule has 4 rings (SSSR count). The van der Waals surface area contributed by atoms with Crippen LogP contribution in [0.3, 0.4) is 0 Å². The molecular weight excluding hydrogens is 344 g/mol. The maximum absolute atomic E-state index is 5.45. The van der Waals surface area contributed by atoms with Gasteiger partial charge in [0.05, 0.1) is 12.8 Å². The standard InChI is InChI=1S/C20H18N4OS/c1-14-6-5-7-15(12-14)13-26-20-22-21-19-11-10-17(23-24(19)20)16-8-3-4-9-18(16)25-2/h3-12H,13H2,1-2H3. The van der Waals surface area contributed by atoms with Crippen LogP contribution in [-0.2, 0) is 5.75 Å². The number of fused-ring (bicyclic) bond motifs is 1. The van der Waals surface area contributed by atoms with Crippen LogP contribution in [0.2, 0.25) is 0 Å². The zero-order valence-electron chi connectivity index (χ0n) is 14.6. The van der Waals surface area contributed by atoms with E-state index in [2.05, 4.69) is 41.4 Å². The molecule has 26 heavy (non-hydrogen) atoms. The molecule has 0 saturated heterocycles. The number of hydrogen-bond donors (Lipinski definition) is 0. The van der Waals surface area contributed by atoms with Crippen molar-refractivity contribution in [3.8, 4) is 17.0 Å². The number of nitrogens with zero attached hydrogens (tertiary/aromatic N) is 4. The molecule has 0 atom stereocenters. The molecular formula is C20H18N4OS. The lowest BCUT2D eigenvalue weighted by atomic mass is 10.1. The summed E-state index contributed by atoms with van der Waals surface area (Å²) < 4.78 is 7.25. The summed E-state index contributed by atoms with van der Waals surface area (Å²) in [6.45, 7) is 2.10. The van der Waals surface area contributed by atoms with Crippen LogP contribution in [0.25, 0.3) is 16.9 Å². The second-order valence-corrected chi connectivity index (χ2v) is 6.89. The van der Waals surface area contributed by atoms with E-state index in [4.69, 9.17) is 9.84 Å². The molecule has 130 valence electrons. The first kappa shape index (κ1) is 16.6. The van der Waals surface area contributed by atoms with Gasteiger partial charge in [0.15, 0.2) is 5.65 Å². The summed E-state index contributed by atoms with van der Waals surface area (Å²) >= 11 is 1.63. The molecule has 0 spiro atoms. The van der Waals surface area contributed by atoms with Gasteiger partial charge in [0, 0.05) is 11.3 Å². The van der Waals surface area contributed by atoms with Crippen molar-refractivity contribution >= 4 is 17.4 Å². The van der Waals surface area contributed by atoms with Gasteiger partial charge in [0.1, 0.15) is 5.75 Å². The van der Waals surface area contributed by atoms with Gasteiger partial charge in [-0.1, -0.05) is 53.7 Å². The van der Waals surface area contributed by atoms with Gasteiger partial charge in [-0.15, -0.1) is 10.2 Å². The Morgan fingerprint density at radius 3 is 2.73 bits per heavy atom. The summed E-state index contributed by atoms with van der Waals surface area (Å²) in [5.41, 5.74) is 5.01. The minimum atomic E-state index is 0.732. The molecule has 5 nitrogen and oxygen atoms in total. The van der Waals surface area contributed by atoms with Crippen LogP contribution in [0.4, 0.5) is 0 Å². The Morgan fingerprint density at radius 1 is 1.00 bits per heavy atom. The highest BCUT2D eigenvalue weighted by atomic mass is 32.2. The summed E-state index contributed by atoms with van der Waals surface area (Å²) in [7, 11) is 1.67. The van der Waals surface area contributed by atoms with Crippen LogP contribution < -0.4 is 4.74 Å². The van der Waals surface area contributed by atoms with Crippen molar-refractivity contribution in [3.63, 3.8) is 0 Å². The van der Waals surface area contributed by atoms with Gasteiger partial charge in [-0.05, 0) is 36.8 Å². The van der Waals surface area contributed by atoms with Crippen molar-refractivity contribution < 1.29 is 4.74 Å². The number of aryl methyl sites for hydroxylation is 1. The number of aromatic nitrogens is 4. The maximum Gasteiger partial charge on any atom is 0.212 e. The lowest BCUT2D eigenvalue weighted by Crippen LogP contribution is -1.98. The smallest absolute Gasteiger partial charge is 0.212 e. The normalized spacial score (nSPS) is 11.0. The average Bonchev–Trinajstić information content (AvgIpc) is 3.08. The van der Waals surface area contributed by atoms with Gasteiger partial charge in [-0.25, -0.2) is 0 Å². The van der Waals surface area contributed by atoms with Crippen molar-refractivity contribution in [2.75, 3.05) is 7.11 Å². The number of methoxy groups -OCH3 is 1. The molecule has 6 heteroatoms. The Hall–Kier alpha value is -2.86. The summed E-state index contributed by atoms with van der Waals surface area (Å²) in [5.74, 6) is 1.62. The van der Waals surface area contributed by atoms with Gasteiger partial charge in [-0.3, -0.25) is 0 Å². The Labute approximate surface area is 156 Å². The SMILES string of the molecule is COc1ccccc1-c1ccc2nnc(SCc3cccc(C)c3)n2n1. The first-order valence-electron chi connectivity index (χ1n) is 8.29. The van der Waals surface area contributed by atoms with Crippen LogP contribution in [0, 0.1) is 6.92 Å². The number of para-hydroxylation sites is 1. The molecule has 2 heterocycles. The summed E-state index contributed by atoms with van der Waals surface area (Å²) in [6.07, 6.45) is 0. The molecule has 0 bridgehead atoms. The Bertz CT molecular complexity index is 1060. The molecule has 0 aliphatic carbocycles. The van der Waals surface area contributed by atoms with Gasteiger partial charge < -0.3 is 4.74 Å². The van der Waals surface area contributed by atoms with Crippen molar-refractivity contribution in [1.29, 1.82) is 0 Å². The third-order valence-electron chi connectivity index (χ3n) is 4.07. The lowest BCUT2D eigenvalue weighted by molar-refractivity contribution is 0.416. The highest BCUT2D eigenvalue weighted by molar-refractivity contribution is 7.98. The Kier molecular flexibility index (Phi) is 4.58. The van der Waals surface area contributed by atoms with E-state index in [9.17, 15) is 0 Å². The second kappa shape index (κ2) is 7.17. The predicted molar refractivity (Wildman–Crippen MR) is 104 cm³/mol. The minimum absolute atomic E-state index is 0.732. The fraction of sp³-hybridized carbons (Fsp3) is 0.150. The molecule has 0 saturated carbocycles. The highest BCUT2D eigenvalue weighted by Crippen LogP contribution is 2.29. The third kappa shape index (κ3) is 3.28. The molecule has 0 N–H and O–H groups in total. The van der Waals surface area contributed by atoms with Gasteiger partial charge in [-0.2, -0.15) is 9.61 Å². The van der Waals surface area contributed by atoms with Gasteiger partial charge in [0.25, 0.3) is 0 Å². The van der Waals surface area contributed by atoms with E-state index in [0.717, 1.165) is 33.6 Å². The van der Waals surface area contributed by atoms with E-state index in [0.29, 0.717) is 0 Å². The zero-order valence-corrected chi connectivity index (χ0v) is 15.4. The molecule has 0 amide bonds. The van der Waals surface area contributed by atoms with Gasteiger partial charge in [0.2, 0.25) is 5.16 Å². The van der Waals surface area contributed by atoms with Gasteiger partial charge >= 0.3 is 0 Å². The van der Waals surface area contributed by atoms with Crippen molar-refractivity contribution in [2.45, 2.75) is 17.8 Å². The first-order valence-corrected chi connectivity index (χ1v) is 9.27. The summed E-state index contributed by atoms with van der Waals surface area (Å²) in [5, 5.41) is 14.0. The van der Waals surface area contributed by atoms with E-state index in [-0.39, 0.29) is 0 Å². The Morgan fingerprint density at radius 2 is 1.88 bits per heavy atom. The monoisotopic (exact) mass is 362 g/mol. The molecule has 0 aliphatic heterocycles. The fourth-order valence-electron chi connectivity index (χ4n) is 2.81. The van der Waals surface area contributed by atoms with Crippen molar-refractivity contribution in [3.05, 3.63) is 71.8 Å². The van der Waals surface area contributed by atoms with E-state index in [1.807, 2.05) is 36.4 Å². The zero-order chi connectivity index (χ0) is 17.9. The second-order valence-electron chi connectivity index (χ2n) is 5.95.